The van der Waals surface area contributed by atoms with E-state index in [1.165, 1.54) is 0 Å². The number of aromatic amines is 1. The first-order valence-electron chi connectivity index (χ1n) is 5.93. The maximum Gasteiger partial charge on any atom is 0.247 e. The van der Waals surface area contributed by atoms with Crippen LogP contribution in [-0.4, -0.2) is 25.1 Å². The molecule has 0 saturated heterocycles. The number of aryl methyl sites for hydroxylation is 1. The number of H-pyrrole nitrogens is 1. The number of thioether (sulfide) groups is 1. The number of nitrogens with one attached hydrogen (secondary N) is 2. The number of aromatic nitrogens is 5. The summed E-state index contributed by atoms with van der Waals surface area (Å²) < 4.78 is 0. The minimum Gasteiger partial charge on any atom is -0.321 e. The van der Waals surface area contributed by atoms with Crippen molar-refractivity contribution < 1.29 is 0 Å². The van der Waals surface area contributed by atoms with Crippen molar-refractivity contribution in [3.63, 3.8) is 0 Å². The molecule has 0 radical (unpaired) electrons. The van der Waals surface area contributed by atoms with Crippen LogP contribution in [-0.2, 0) is 5.75 Å². The summed E-state index contributed by atoms with van der Waals surface area (Å²) in [5.74, 6) is 1.32. The third-order valence-electron chi connectivity index (χ3n) is 2.41. The Hall–Kier alpha value is -1.93. The average molecular weight is 304 g/mol. The molecule has 0 unspecified atom stereocenters. The Bertz CT molecular complexity index is 678. The van der Waals surface area contributed by atoms with Gasteiger partial charge < -0.3 is 5.32 Å². The second kappa shape index (κ2) is 6.02. The van der Waals surface area contributed by atoms with Crippen LogP contribution in [0.3, 0.4) is 0 Å². The molecular weight excluding hydrogens is 292 g/mol. The first kappa shape index (κ1) is 13.1. The van der Waals surface area contributed by atoms with Gasteiger partial charge in [0.2, 0.25) is 5.95 Å². The van der Waals surface area contributed by atoms with Crippen LogP contribution in [0, 0.1) is 6.92 Å². The van der Waals surface area contributed by atoms with Crippen LogP contribution in [0.15, 0.2) is 35.1 Å². The lowest BCUT2D eigenvalue weighted by molar-refractivity contribution is 0.972. The van der Waals surface area contributed by atoms with E-state index in [0.717, 1.165) is 27.3 Å². The molecule has 0 bridgehead atoms. The molecule has 3 rings (SSSR count). The normalized spacial score (nSPS) is 10.7. The van der Waals surface area contributed by atoms with E-state index in [1.54, 1.807) is 35.5 Å². The molecule has 0 atom stereocenters. The summed E-state index contributed by atoms with van der Waals surface area (Å²) in [6, 6.07) is 3.77. The predicted octanol–water partition coefficient (Wildman–Crippen LogP) is 3.00. The molecule has 0 fully saturated rings. The zero-order valence-corrected chi connectivity index (χ0v) is 12.3. The topological polar surface area (TPSA) is 79.4 Å². The molecule has 6 nitrogen and oxygen atoms in total. The number of pyridine rings is 1. The van der Waals surface area contributed by atoms with Gasteiger partial charge in [-0.2, -0.15) is 4.98 Å². The lowest BCUT2D eigenvalue weighted by Crippen LogP contribution is -1.92. The van der Waals surface area contributed by atoms with E-state index in [9.17, 15) is 0 Å². The van der Waals surface area contributed by atoms with Gasteiger partial charge in [0, 0.05) is 17.3 Å². The van der Waals surface area contributed by atoms with E-state index in [0.29, 0.717) is 5.95 Å². The first-order chi connectivity index (χ1) is 9.79. The van der Waals surface area contributed by atoms with E-state index >= 15 is 0 Å². The van der Waals surface area contributed by atoms with Crippen molar-refractivity contribution in [2.75, 3.05) is 5.32 Å². The Labute approximate surface area is 124 Å². The van der Waals surface area contributed by atoms with Crippen LogP contribution in [0.2, 0.25) is 0 Å². The van der Waals surface area contributed by atoms with E-state index in [4.69, 9.17) is 0 Å². The van der Waals surface area contributed by atoms with Crippen molar-refractivity contribution in [2.24, 2.45) is 0 Å². The quantitative estimate of drug-likeness (QED) is 0.705. The molecule has 0 aliphatic heterocycles. The summed E-state index contributed by atoms with van der Waals surface area (Å²) in [6.07, 6.45) is 3.45. The fourth-order valence-electron chi connectivity index (χ4n) is 1.55. The molecule has 20 heavy (non-hydrogen) atoms. The average Bonchev–Trinajstić information content (AvgIpc) is 3.07. The number of nitrogens with zero attached hydrogens (tertiary/aromatic N) is 4. The number of hydrogen-bond acceptors (Lipinski definition) is 7. The molecule has 3 heterocycles. The highest BCUT2D eigenvalue weighted by molar-refractivity contribution is 7.98. The molecule has 2 N–H and O–H groups in total. The third kappa shape index (κ3) is 3.34. The predicted molar refractivity (Wildman–Crippen MR) is 80.3 cm³/mol. The van der Waals surface area contributed by atoms with Gasteiger partial charge >= 0.3 is 0 Å². The van der Waals surface area contributed by atoms with Crippen molar-refractivity contribution in [3.05, 3.63) is 40.6 Å². The summed E-state index contributed by atoms with van der Waals surface area (Å²) in [7, 11) is 0. The Kier molecular flexibility index (Phi) is 3.93. The zero-order valence-electron chi connectivity index (χ0n) is 10.7. The monoisotopic (exact) mass is 304 g/mol. The largest absolute Gasteiger partial charge is 0.321 e. The minimum absolute atomic E-state index is 0.537. The second-order valence-corrected chi connectivity index (χ2v) is 6.00. The third-order valence-corrected chi connectivity index (χ3v) is 4.12. The van der Waals surface area contributed by atoms with Crippen molar-refractivity contribution in [3.8, 4) is 0 Å². The van der Waals surface area contributed by atoms with Gasteiger partial charge in [0.05, 0.1) is 22.6 Å². The summed E-state index contributed by atoms with van der Waals surface area (Å²) in [4.78, 5) is 12.8. The maximum atomic E-state index is 4.41. The van der Waals surface area contributed by atoms with E-state index in [2.05, 4.69) is 35.8 Å². The summed E-state index contributed by atoms with van der Waals surface area (Å²) >= 11 is 3.23. The van der Waals surface area contributed by atoms with Crippen molar-refractivity contribution in [1.29, 1.82) is 0 Å². The number of hydrogen-bond donors (Lipinski definition) is 2. The first-order valence-corrected chi connectivity index (χ1v) is 7.79. The Balaban J connectivity index is 1.59. The zero-order chi connectivity index (χ0) is 13.8. The highest BCUT2D eigenvalue weighted by Gasteiger charge is 2.06. The highest BCUT2D eigenvalue weighted by Crippen LogP contribution is 2.21. The van der Waals surface area contributed by atoms with Gasteiger partial charge in [0.25, 0.3) is 0 Å². The molecule has 0 aromatic carbocycles. The fourth-order valence-corrected chi connectivity index (χ4v) is 2.96. The lowest BCUT2D eigenvalue weighted by atomic mass is 10.4. The van der Waals surface area contributed by atoms with Crippen molar-refractivity contribution in [1.82, 2.24) is 25.1 Å². The van der Waals surface area contributed by atoms with E-state index in [1.807, 2.05) is 19.1 Å². The van der Waals surface area contributed by atoms with Gasteiger partial charge in [-0.25, -0.2) is 4.98 Å². The SMILES string of the molecule is Cc1nc(CSc2nc(Nc3cccnc3)n[nH]2)cs1. The molecule has 3 aromatic rings. The van der Waals surface area contributed by atoms with Crippen LogP contribution in [0.5, 0.6) is 0 Å². The number of thiazole rings is 1. The molecule has 102 valence electrons. The van der Waals surface area contributed by atoms with Crippen LogP contribution in [0.4, 0.5) is 11.6 Å². The van der Waals surface area contributed by atoms with E-state index in [-0.39, 0.29) is 0 Å². The van der Waals surface area contributed by atoms with Gasteiger partial charge in [0.15, 0.2) is 5.16 Å². The molecular formula is C12H12N6S2. The van der Waals surface area contributed by atoms with Crippen LogP contribution < -0.4 is 5.32 Å². The lowest BCUT2D eigenvalue weighted by Gasteiger charge is -1.98. The Morgan fingerprint density at radius 2 is 2.35 bits per heavy atom. The van der Waals surface area contributed by atoms with Crippen LogP contribution >= 0.6 is 23.1 Å². The fraction of sp³-hybridized carbons (Fsp3) is 0.167. The molecule has 0 aliphatic carbocycles. The second-order valence-electron chi connectivity index (χ2n) is 3.98. The molecule has 3 aromatic heterocycles. The molecule has 0 amide bonds. The number of rotatable bonds is 5. The molecule has 8 heteroatoms. The minimum atomic E-state index is 0.537. The van der Waals surface area contributed by atoms with Crippen molar-refractivity contribution >= 4 is 34.7 Å². The summed E-state index contributed by atoms with van der Waals surface area (Å²) in [6.45, 7) is 2.00. The maximum absolute atomic E-state index is 4.41. The number of anilines is 2. The Morgan fingerprint density at radius 3 is 3.10 bits per heavy atom. The van der Waals surface area contributed by atoms with Gasteiger partial charge in [-0.15, -0.1) is 16.4 Å². The van der Waals surface area contributed by atoms with Gasteiger partial charge in [-0.05, 0) is 19.1 Å². The van der Waals surface area contributed by atoms with Gasteiger partial charge in [0.1, 0.15) is 0 Å². The molecule has 0 spiro atoms. The Morgan fingerprint density at radius 1 is 1.40 bits per heavy atom. The highest BCUT2D eigenvalue weighted by atomic mass is 32.2. The van der Waals surface area contributed by atoms with Crippen LogP contribution in [0.1, 0.15) is 10.7 Å². The summed E-state index contributed by atoms with van der Waals surface area (Å²) in [5.41, 5.74) is 1.92. The molecule has 0 aliphatic rings. The van der Waals surface area contributed by atoms with Gasteiger partial charge in [-0.3, -0.25) is 10.1 Å². The molecule has 0 saturated carbocycles. The van der Waals surface area contributed by atoms with Crippen molar-refractivity contribution in [2.45, 2.75) is 17.8 Å². The summed E-state index contributed by atoms with van der Waals surface area (Å²) in [5, 5.41) is 14.0. The van der Waals surface area contributed by atoms with Crippen LogP contribution in [0.25, 0.3) is 0 Å². The standard InChI is InChI=1S/C12H12N6S2/c1-8-14-10(6-19-8)7-20-12-16-11(17-18-12)15-9-3-2-4-13-5-9/h2-6H,7H2,1H3,(H2,15,16,17,18). The van der Waals surface area contributed by atoms with E-state index < -0.39 is 0 Å². The van der Waals surface area contributed by atoms with Gasteiger partial charge in [-0.1, -0.05) is 11.8 Å². The smallest absolute Gasteiger partial charge is 0.247 e.